The van der Waals surface area contributed by atoms with Crippen molar-refractivity contribution in [1.82, 2.24) is 14.4 Å². The van der Waals surface area contributed by atoms with Gasteiger partial charge >= 0.3 is 0 Å². The highest BCUT2D eigenvalue weighted by atomic mass is 16.3. The van der Waals surface area contributed by atoms with Crippen LogP contribution < -0.4 is 0 Å². The lowest BCUT2D eigenvalue weighted by atomic mass is 9.73. The van der Waals surface area contributed by atoms with Crippen molar-refractivity contribution < 1.29 is 9.90 Å². The summed E-state index contributed by atoms with van der Waals surface area (Å²) in [5, 5.41) is 9.05. The minimum absolute atomic E-state index is 0.169. The molecular weight excluding hydrogens is 302 g/mol. The Morgan fingerprint density at radius 3 is 2.67 bits per heavy atom. The molecule has 1 aromatic heterocycles. The maximum absolute atomic E-state index is 12.1. The van der Waals surface area contributed by atoms with E-state index in [4.69, 9.17) is 5.11 Å². The molecule has 2 fully saturated rings. The summed E-state index contributed by atoms with van der Waals surface area (Å²) in [4.78, 5) is 16.7. The number of piperidine rings is 2. The molecule has 0 radical (unpaired) electrons. The Morgan fingerprint density at radius 2 is 1.88 bits per heavy atom. The maximum atomic E-state index is 12.1. The number of carbonyl (C=O) groups is 1. The second kappa shape index (κ2) is 8.17. The van der Waals surface area contributed by atoms with Crippen molar-refractivity contribution in [2.24, 2.45) is 5.41 Å². The van der Waals surface area contributed by atoms with E-state index in [2.05, 4.69) is 34.0 Å². The molecule has 0 aliphatic carbocycles. The van der Waals surface area contributed by atoms with Gasteiger partial charge in [0.25, 0.3) is 0 Å². The molecule has 5 heteroatoms. The van der Waals surface area contributed by atoms with Crippen molar-refractivity contribution in [3.05, 3.63) is 24.5 Å². The number of hydrogen-bond acceptors (Lipinski definition) is 3. The van der Waals surface area contributed by atoms with Crippen molar-refractivity contribution in [2.75, 3.05) is 39.3 Å². The van der Waals surface area contributed by atoms with Crippen molar-refractivity contribution in [1.29, 1.82) is 0 Å². The van der Waals surface area contributed by atoms with E-state index in [1.807, 2.05) is 4.90 Å². The minimum Gasteiger partial charge on any atom is -0.396 e. The van der Waals surface area contributed by atoms with Gasteiger partial charge in [-0.3, -0.25) is 4.79 Å². The molecule has 1 aromatic rings. The number of nitrogens with zero attached hydrogens (tertiary/aromatic N) is 3. The van der Waals surface area contributed by atoms with Crippen LogP contribution in [0.15, 0.2) is 24.5 Å². The number of hydrogen-bond donors (Lipinski definition) is 1. The van der Waals surface area contributed by atoms with Gasteiger partial charge in [0.05, 0.1) is 0 Å². The summed E-state index contributed by atoms with van der Waals surface area (Å²) >= 11 is 0. The molecule has 1 unspecified atom stereocenters. The average Bonchev–Trinajstić information content (AvgIpc) is 3.10. The van der Waals surface area contributed by atoms with Crippen LogP contribution in [0.5, 0.6) is 0 Å². The summed E-state index contributed by atoms with van der Waals surface area (Å²) in [6.07, 6.45) is 10.3. The molecule has 1 atom stereocenters. The van der Waals surface area contributed by atoms with Crippen LogP contribution in [0.2, 0.25) is 0 Å². The average molecular weight is 333 g/mol. The Morgan fingerprint density at radius 1 is 1.04 bits per heavy atom. The molecule has 2 aliphatic rings. The topological polar surface area (TPSA) is 48.7 Å². The van der Waals surface area contributed by atoms with Gasteiger partial charge in [-0.05, 0) is 57.3 Å². The van der Waals surface area contributed by atoms with Gasteiger partial charge in [0.1, 0.15) is 0 Å². The third kappa shape index (κ3) is 4.39. The van der Waals surface area contributed by atoms with Gasteiger partial charge in [0.2, 0.25) is 5.91 Å². The summed E-state index contributed by atoms with van der Waals surface area (Å²) in [5.41, 5.74) is 0.287. The van der Waals surface area contributed by atoms with E-state index in [0.29, 0.717) is 19.4 Å². The van der Waals surface area contributed by atoms with Crippen LogP contribution in [0, 0.1) is 5.41 Å². The number of rotatable bonds is 7. The molecular formula is C19H31N3O2. The molecule has 1 N–H and O–H groups in total. The number of aliphatic hydroxyl groups is 1. The molecule has 2 saturated heterocycles. The summed E-state index contributed by atoms with van der Waals surface area (Å²) in [7, 11) is 0. The Bertz CT molecular complexity index is 517. The van der Waals surface area contributed by atoms with E-state index in [1.165, 1.54) is 25.8 Å². The molecule has 5 nitrogen and oxygen atoms in total. The predicted octanol–water partition coefficient (Wildman–Crippen LogP) is 1.97. The lowest BCUT2D eigenvalue weighted by Gasteiger charge is -2.48. The summed E-state index contributed by atoms with van der Waals surface area (Å²) in [6.45, 7) is 6.31. The van der Waals surface area contributed by atoms with Crippen molar-refractivity contribution in [3.63, 3.8) is 0 Å². The first-order valence-corrected chi connectivity index (χ1v) is 9.43. The molecule has 0 aromatic carbocycles. The van der Waals surface area contributed by atoms with Crippen LogP contribution in [0.3, 0.4) is 0 Å². The zero-order valence-electron chi connectivity index (χ0n) is 14.7. The van der Waals surface area contributed by atoms with Gasteiger partial charge in [0.15, 0.2) is 0 Å². The summed E-state index contributed by atoms with van der Waals surface area (Å²) < 4.78 is 2.25. The lowest BCUT2D eigenvalue weighted by Crippen LogP contribution is -2.54. The Kier molecular flexibility index (Phi) is 5.95. The number of aromatic nitrogens is 1. The normalized spacial score (nSPS) is 25.5. The third-order valence-electron chi connectivity index (χ3n) is 5.63. The van der Waals surface area contributed by atoms with Crippen molar-refractivity contribution >= 4 is 5.91 Å². The number of aryl methyl sites for hydroxylation is 1. The fraction of sp³-hybridized carbons (Fsp3) is 0.737. The van der Waals surface area contributed by atoms with Crippen LogP contribution in [-0.4, -0.2) is 64.7 Å². The smallest absolute Gasteiger partial charge is 0.222 e. The van der Waals surface area contributed by atoms with Crippen molar-refractivity contribution in [2.45, 2.75) is 45.1 Å². The fourth-order valence-corrected chi connectivity index (χ4v) is 4.40. The number of carbonyl (C=O) groups excluding carboxylic acids is 1. The molecule has 0 saturated carbocycles. The van der Waals surface area contributed by atoms with Crippen molar-refractivity contribution in [3.8, 4) is 0 Å². The largest absolute Gasteiger partial charge is 0.396 e. The lowest BCUT2D eigenvalue weighted by molar-refractivity contribution is -0.139. The van der Waals surface area contributed by atoms with E-state index < -0.39 is 0 Å². The van der Waals surface area contributed by atoms with E-state index in [-0.39, 0.29) is 17.9 Å². The highest BCUT2D eigenvalue weighted by Crippen LogP contribution is 2.38. The highest BCUT2D eigenvalue weighted by molar-refractivity contribution is 5.77. The Balaban J connectivity index is 1.50. The molecule has 2 aliphatic heterocycles. The van der Waals surface area contributed by atoms with Gasteiger partial charge in [0, 0.05) is 57.0 Å². The van der Waals surface area contributed by atoms with Gasteiger partial charge < -0.3 is 19.5 Å². The van der Waals surface area contributed by atoms with E-state index in [0.717, 1.165) is 32.6 Å². The third-order valence-corrected chi connectivity index (χ3v) is 5.63. The molecule has 0 bridgehead atoms. The second-order valence-electron chi connectivity index (χ2n) is 7.55. The fourth-order valence-electron chi connectivity index (χ4n) is 4.40. The monoisotopic (exact) mass is 333 g/mol. The van der Waals surface area contributed by atoms with Crippen LogP contribution in [0.4, 0.5) is 0 Å². The highest BCUT2D eigenvalue weighted by Gasteiger charge is 2.41. The SMILES string of the molecule is O=C1CCC2(CCCN(CCCn3cccc3)C2)CN1CCCO. The van der Waals surface area contributed by atoms with E-state index >= 15 is 0 Å². The van der Waals surface area contributed by atoms with Crippen LogP contribution in [0.25, 0.3) is 0 Å². The summed E-state index contributed by atoms with van der Waals surface area (Å²) in [5.74, 6) is 0.277. The van der Waals surface area contributed by atoms with Gasteiger partial charge in [-0.15, -0.1) is 0 Å². The van der Waals surface area contributed by atoms with Gasteiger partial charge in [-0.2, -0.15) is 0 Å². The molecule has 24 heavy (non-hydrogen) atoms. The Hall–Kier alpha value is -1.33. The predicted molar refractivity (Wildman–Crippen MR) is 94.7 cm³/mol. The molecule has 1 amide bonds. The van der Waals surface area contributed by atoms with Crippen LogP contribution in [-0.2, 0) is 11.3 Å². The van der Waals surface area contributed by atoms with E-state index in [1.54, 1.807) is 0 Å². The first-order chi connectivity index (χ1) is 11.7. The zero-order valence-corrected chi connectivity index (χ0v) is 14.7. The Labute approximate surface area is 145 Å². The molecule has 3 rings (SSSR count). The first kappa shape index (κ1) is 17.5. The second-order valence-corrected chi connectivity index (χ2v) is 7.55. The van der Waals surface area contributed by atoms with E-state index in [9.17, 15) is 4.79 Å². The zero-order chi connectivity index (χ0) is 16.8. The standard InChI is InChI=1S/C19H31N3O2/c23-15-5-14-22-17-19(8-6-18(22)24)7-3-11-21(16-19)13-4-12-20-9-1-2-10-20/h1-2,9-10,23H,3-8,11-17H2. The molecule has 1 spiro atoms. The number of amides is 1. The summed E-state index contributed by atoms with van der Waals surface area (Å²) in [6, 6.07) is 4.16. The van der Waals surface area contributed by atoms with Gasteiger partial charge in [-0.25, -0.2) is 0 Å². The van der Waals surface area contributed by atoms with Gasteiger partial charge in [-0.1, -0.05) is 0 Å². The molecule has 134 valence electrons. The number of aliphatic hydroxyl groups excluding tert-OH is 1. The maximum Gasteiger partial charge on any atom is 0.222 e. The minimum atomic E-state index is 0.169. The first-order valence-electron chi connectivity index (χ1n) is 9.43. The van der Waals surface area contributed by atoms with Crippen LogP contribution >= 0.6 is 0 Å². The van der Waals surface area contributed by atoms with Crippen LogP contribution in [0.1, 0.15) is 38.5 Å². The molecule has 3 heterocycles. The number of likely N-dealkylation sites (tertiary alicyclic amines) is 2. The quantitative estimate of drug-likeness (QED) is 0.830.